The lowest BCUT2D eigenvalue weighted by molar-refractivity contribution is 0.485. The Kier molecular flexibility index (Phi) is 6.76. The van der Waals surface area contributed by atoms with Gasteiger partial charge < -0.3 is 5.73 Å². The summed E-state index contributed by atoms with van der Waals surface area (Å²) in [6, 6.07) is 21.3. The van der Waals surface area contributed by atoms with Crippen molar-refractivity contribution >= 4 is 0 Å². The molecule has 2 aromatic carbocycles. The Morgan fingerprint density at radius 1 is 0.773 bits per heavy atom. The normalized spacial score (nSPS) is 12.0. The number of hydrogen-bond donors (Lipinski definition) is 1. The summed E-state index contributed by atoms with van der Waals surface area (Å²) in [6.45, 7) is 3.98. The van der Waals surface area contributed by atoms with Gasteiger partial charge in [0, 0.05) is 5.70 Å². The lowest BCUT2D eigenvalue weighted by Crippen LogP contribution is -2.12. The predicted octanol–water partition coefficient (Wildman–Crippen LogP) is 5.12. The van der Waals surface area contributed by atoms with Gasteiger partial charge in [-0.15, -0.1) is 0 Å². The number of benzene rings is 2. The summed E-state index contributed by atoms with van der Waals surface area (Å²) in [7, 11) is 0. The van der Waals surface area contributed by atoms with Gasteiger partial charge in [-0.25, -0.2) is 0 Å². The van der Waals surface area contributed by atoms with Crippen LogP contribution in [0.2, 0.25) is 0 Å². The molecular formula is C21H27N. The third-order valence-electron chi connectivity index (χ3n) is 4.26. The van der Waals surface area contributed by atoms with Gasteiger partial charge in [-0.05, 0) is 49.1 Å². The van der Waals surface area contributed by atoms with E-state index in [1.54, 1.807) is 0 Å². The molecule has 0 saturated heterocycles. The summed E-state index contributed by atoms with van der Waals surface area (Å²) in [5.74, 6) is 0.441. The maximum absolute atomic E-state index is 6.00. The van der Waals surface area contributed by atoms with Crippen LogP contribution in [0.25, 0.3) is 0 Å². The van der Waals surface area contributed by atoms with E-state index in [0.717, 1.165) is 31.4 Å². The number of aryl methyl sites for hydroxylation is 2. The molecule has 1 atom stereocenters. The second-order valence-electron chi connectivity index (χ2n) is 6.03. The SMILES string of the molecule is C=C(N)C(CCCCc1ccccc1)CCc1ccccc1. The Balaban J connectivity index is 1.71. The third kappa shape index (κ3) is 5.77. The standard InChI is InChI=1S/C21H27N/c1-18(22)21(17-16-20-12-6-3-7-13-20)15-9-8-14-19-10-4-2-5-11-19/h2-7,10-13,21H,1,8-9,14-17,22H2. The Morgan fingerprint density at radius 3 is 1.86 bits per heavy atom. The van der Waals surface area contributed by atoms with Crippen LogP contribution in [0.4, 0.5) is 0 Å². The first-order chi connectivity index (χ1) is 10.8. The number of unbranched alkanes of at least 4 members (excludes halogenated alkanes) is 1. The average molecular weight is 293 g/mol. The quantitative estimate of drug-likeness (QED) is 0.638. The number of rotatable bonds is 9. The minimum absolute atomic E-state index is 0.441. The van der Waals surface area contributed by atoms with E-state index >= 15 is 0 Å². The van der Waals surface area contributed by atoms with Gasteiger partial charge in [-0.3, -0.25) is 0 Å². The molecular weight excluding hydrogens is 266 g/mol. The smallest absolute Gasteiger partial charge is 0.00391 e. The fourth-order valence-electron chi connectivity index (χ4n) is 2.87. The molecule has 0 bridgehead atoms. The molecule has 1 nitrogen and oxygen atoms in total. The molecule has 2 aromatic rings. The van der Waals surface area contributed by atoms with E-state index in [2.05, 4.69) is 67.2 Å². The van der Waals surface area contributed by atoms with Gasteiger partial charge in [0.05, 0.1) is 0 Å². The number of allylic oxidation sites excluding steroid dienone is 1. The van der Waals surface area contributed by atoms with Crippen molar-refractivity contribution in [1.29, 1.82) is 0 Å². The molecule has 0 amide bonds. The third-order valence-corrected chi connectivity index (χ3v) is 4.26. The number of hydrogen-bond acceptors (Lipinski definition) is 1. The van der Waals surface area contributed by atoms with Crippen LogP contribution in [-0.4, -0.2) is 0 Å². The van der Waals surface area contributed by atoms with Crippen LogP contribution < -0.4 is 5.73 Å². The molecule has 0 aromatic heterocycles. The highest BCUT2D eigenvalue weighted by atomic mass is 14.6. The molecule has 1 unspecified atom stereocenters. The van der Waals surface area contributed by atoms with Gasteiger partial charge in [-0.1, -0.05) is 73.7 Å². The molecule has 0 saturated carbocycles. The van der Waals surface area contributed by atoms with Gasteiger partial charge in [0.25, 0.3) is 0 Å². The Labute approximate surface area is 134 Å². The molecule has 116 valence electrons. The van der Waals surface area contributed by atoms with Crippen LogP contribution in [0.3, 0.4) is 0 Å². The Bertz CT molecular complexity index is 545. The maximum atomic E-state index is 6.00. The number of nitrogens with two attached hydrogens (primary N) is 1. The van der Waals surface area contributed by atoms with Crippen LogP contribution >= 0.6 is 0 Å². The highest BCUT2D eigenvalue weighted by Gasteiger charge is 2.10. The van der Waals surface area contributed by atoms with Crippen LogP contribution in [0.1, 0.15) is 36.8 Å². The van der Waals surface area contributed by atoms with Crippen molar-refractivity contribution in [2.45, 2.75) is 38.5 Å². The first-order valence-electron chi connectivity index (χ1n) is 8.28. The second-order valence-corrected chi connectivity index (χ2v) is 6.03. The molecule has 2 N–H and O–H groups in total. The van der Waals surface area contributed by atoms with Gasteiger partial charge in [0.2, 0.25) is 0 Å². The second kappa shape index (κ2) is 9.09. The predicted molar refractivity (Wildman–Crippen MR) is 95.6 cm³/mol. The minimum Gasteiger partial charge on any atom is -0.402 e. The van der Waals surface area contributed by atoms with Crippen LogP contribution in [0, 0.1) is 5.92 Å². The van der Waals surface area contributed by atoms with Crippen molar-refractivity contribution in [3.63, 3.8) is 0 Å². The Morgan fingerprint density at radius 2 is 1.32 bits per heavy atom. The summed E-state index contributed by atoms with van der Waals surface area (Å²) in [5, 5.41) is 0. The van der Waals surface area contributed by atoms with Crippen molar-refractivity contribution < 1.29 is 0 Å². The summed E-state index contributed by atoms with van der Waals surface area (Å²) in [4.78, 5) is 0. The molecule has 0 aliphatic heterocycles. The monoisotopic (exact) mass is 293 g/mol. The van der Waals surface area contributed by atoms with E-state index in [1.807, 2.05) is 0 Å². The fourth-order valence-corrected chi connectivity index (χ4v) is 2.87. The topological polar surface area (TPSA) is 26.0 Å². The molecule has 0 fully saturated rings. The molecule has 0 aliphatic rings. The van der Waals surface area contributed by atoms with Gasteiger partial charge in [0.15, 0.2) is 0 Å². The van der Waals surface area contributed by atoms with Gasteiger partial charge in [0.1, 0.15) is 0 Å². The maximum Gasteiger partial charge on any atom is 0.00391 e. The summed E-state index contributed by atoms with van der Waals surface area (Å²) in [6.07, 6.45) is 6.92. The zero-order valence-corrected chi connectivity index (χ0v) is 13.4. The Hall–Kier alpha value is -2.02. The molecule has 0 aliphatic carbocycles. The molecule has 0 radical (unpaired) electrons. The van der Waals surface area contributed by atoms with E-state index < -0.39 is 0 Å². The molecule has 1 heteroatoms. The van der Waals surface area contributed by atoms with Crippen molar-refractivity contribution in [2.75, 3.05) is 0 Å². The summed E-state index contributed by atoms with van der Waals surface area (Å²) < 4.78 is 0. The van der Waals surface area contributed by atoms with E-state index in [4.69, 9.17) is 5.73 Å². The van der Waals surface area contributed by atoms with Crippen LogP contribution in [-0.2, 0) is 12.8 Å². The summed E-state index contributed by atoms with van der Waals surface area (Å²) in [5.41, 5.74) is 9.66. The zero-order chi connectivity index (χ0) is 15.6. The first-order valence-corrected chi connectivity index (χ1v) is 8.28. The van der Waals surface area contributed by atoms with Gasteiger partial charge in [-0.2, -0.15) is 0 Å². The highest BCUT2D eigenvalue weighted by molar-refractivity contribution is 5.15. The van der Waals surface area contributed by atoms with E-state index in [0.29, 0.717) is 5.92 Å². The molecule has 0 spiro atoms. The first kappa shape index (κ1) is 16.4. The fraction of sp³-hybridized carbons (Fsp3) is 0.333. The van der Waals surface area contributed by atoms with Crippen molar-refractivity contribution in [3.8, 4) is 0 Å². The molecule has 2 rings (SSSR count). The lowest BCUT2D eigenvalue weighted by Gasteiger charge is -2.16. The van der Waals surface area contributed by atoms with Crippen LogP contribution in [0.5, 0.6) is 0 Å². The summed E-state index contributed by atoms with van der Waals surface area (Å²) >= 11 is 0. The van der Waals surface area contributed by atoms with E-state index in [-0.39, 0.29) is 0 Å². The highest BCUT2D eigenvalue weighted by Crippen LogP contribution is 2.21. The van der Waals surface area contributed by atoms with Crippen molar-refractivity contribution in [3.05, 3.63) is 84.1 Å². The van der Waals surface area contributed by atoms with Gasteiger partial charge >= 0.3 is 0 Å². The largest absolute Gasteiger partial charge is 0.402 e. The minimum atomic E-state index is 0.441. The van der Waals surface area contributed by atoms with Crippen LogP contribution in [0.15, 0.2) is 72.9 Å². The molecule has 22 heavy (non-hydrogen) atoms. The zero-order valence-electron chi connectivity index (χ0n) is 13.4. The van der Waals surface area contributed by atoms with Crippen molar-refractivity contribution in [2.24, 2.45) is 11.7 Å². The van der Waals surface area contributed by atoms with E-state index in [1.165, 1.54) is 24.0 Å². The lowest BCUT2D eigenvalue weighted by atomic mass is 9.91. The van der Waals surface area contributed by atoms with Crippen molar-refractivity contribution in [1.82, 2.24) is 0 Å². The molecule has 0 heterocycles. The average Bonchev–Trinajstić information content (AvgIpc) is 2.55. The van der Waals surface area contributed by atoms with E-state index in [9.17, 15) is 0 Å².